The molecule has 204 valence electrons. The molecule has 6 nitrogen and oxygen atoms in total. The molecule has 0 amide bonds. The molecule has 0 saturated carbocycles. The van der Waals surface area contributed by atoms with Crippen LogP contribution in [-0.4, -0.2) is 17.6 Å². The van der Waals surface area contributed by atoms with Gasteiger partial charge in [-0.25, -0.2) is 9.79 Å². The largest absolute Gasteiger partial charge is 0.488 e. The summed E-state index contributed by atoms with van der Waals surface area (Å²) in [5.41, 5.74) is 2.89. The smallest absolute Gasteiger partial charge is 0.338 e. The van der Waals surface area contributed by atoms with Crippen LogP contribution in [0.1, 0.15) is 36.1 Å². The van der Waals surface area contributed by atoms with Crippen molar-refractivity contribution in [1.82, 2.24) is 4.57 Å². The summed E-state index contributed by atoms with van der Waals surface area (Å²) < 4.78 is 13.2. The fourth-order valence-electron chi connectivity index (χ4n) is 4.51. The molecule has 0 saturated heterocycles. The maximum absolute atomic E-state index is 13.9. The van der Waals surface area contributed by atoms with Gasteiger partial charge in [-0.2, -0.15) is 0 Å². The van der Waals surface area contributed by atoms with Gasteiger partial charge in [0, 0.05) is 10.6 Å². The molecule has 1 aliphatic heterocycles. The van der Waals surface area contributed by atoms with Gasteiger partial charge in [0.1, 0.15) is 12.4 Å². The number of allylic oxidation sites excluding steroid dienone is 1. The Morgan fingerprint density at radius 1 is 1.05 bits per heavy atom. The van der Waals surface area contributed by atoms with Crippen LogP contribution in [0.3, 0.4) is 0 Å². The molecule has 0 unspecified atom stereocenters. The molecular formula is C30H23Cl3N2O4S. The number of esters is 1. The summed E-state index contributed by atoms with van der Waals surface area (Å²) in [6.45, 7) is 2.15. The Morgan fingerprint density at radius 2 is 1.82 bits per heavy atom. The van der Waals surface area contributed by atoms with E-state index < -0.39 is 12.0 Å². The van der Waals surface area contributed by atoms with Crippen LogP contribution in [0.25, 0.3) is 6.08 Å². The number of thiazole rings is 1. The summed E-state index contributed by atoms with van der Waals surface area (Å²) in [6, 6.07) is 19.2. The number of benzene rings is 3. The van der Waals surface area contributed by atoms with Gasteiger partial charge < -0.3 is 9.47 Å². The van der Waals surface area contributed by atoms with Gasteiger partial charge in [0.25, 0.3) is 5.56 Å². The number of carbonyl (C=O) groups is 1. The van der Waals surface area contributed by atoms with Gasteiger partial charge in [0.15, 0.2) is 4.80 Å². The van der Waals surface area contributed by atoms with E-state index in [-0.39, 0.29) is 12.2 Å². The third-order valence-corrected chi connectivity index (χ3v) is 8.36. The predicted octanol–water partition coefficient (Wildman–Crippen LogP) is 6.34. The SMILES string of the molecule is CCC1=C(C(=O)OC)[C@H](c2ccccc2)n2c(s/c(=C/c3cc(Cl)ccc3OCc3ccc(Cl)c(Cl)c3)c2=O)=N1. The topological polar surface area (TPSA) is 69.9 Å². The number of hydrogen-bond donors (Lipinski definition) is 0. The lowest BCUT2D eigenvalue weighted by Crippen LogP contribution is -2.40. The van der Waals surface area contributed by atoms with E-state index in [0.717, 1.165) is 11.1 Å². The normalized spacial score (nSPS) is 15.0. The molecule has 5 rings (SSSR count). The van der Waals surface area contributed by atoms with Crippen LogP contribution >= 0.6 is 46.1 Å². The Hall–Kier alpha value is -3.36. The fourth-order valence-corrected chi connectivity index (χ4v) is 6.02. The van der Waals surface area contributed by atoms with Crippen molar-refractivity contribution in [1.29, 1.82) is 0 Å². The monoisotopic (exact) mass is 612 g/mol. The number of aromatic nitrogens is 1. The Balaban J connectivity index is 1.62. The average molecular weight is 614 g/mol. The molecule has 0 radical (unpaired) electrons. The molecule has 3 aromatic carbocycles. The average Bonchev–Trinajstić information content (AvgIpc) is 3.27. The minimum Gasteiger partial charge on any atom is -0.488 e. The Labute approximate surface area is 249 Å². The molecule has 10 heteroatoms. The molecule has 1 atom stereocenters. The van der Waals surface area contributed by atoms with Crippen LogP contribution in [-0.2, 0) is 16.1 Å². The highest BCUT2D eigenvalue weighted by Crippen LogP contribution is 2.32. The predicted molar refractivity (Wildman–Crippen MR) is 159 cm³/mol. The summed E-state index contributed by atoms with van der Waals surface area (Å²) in [5.74, 6) is 0.0157. The lowest BCUT2D eigenvalue weighted by Gasteiger charge is -2.25. The van der Waals surface area contributed by atoms with Crippen molar-refractivity contribution in [3.8, 4) is 5.75 Å². The lowest BCUT2D eigenvalue weighted by molar-refractivity contribution is -0.136. The number of rotatable bonds is 7. The van der Waals surface area contributed by atoms with E-state index in [0.29, 0.717) is 53.4 Å². The highest BCUT2D eigenvalue weighted by Gasteiger charge is 2.33. The highest BCUT2D eigenvalue weighted by molar-refractivity contribution is 7.07. The zero-order valence-corrected chi connectivity index (χ0v) is 24.6. The summed E-state index contributed by atoms with van der Waals surface area (Å²) in [7, 11) is 1.33. The van der Waals surface area contributed by atoms with Crippen molar-refractivity contribution >= 4 is 58.2 Å². The van der Waals surface area contributed by atoms with Crippen LogP contribution in [0.15, 0.2) is 87.8 Å². The van der Waals surface area contributed by atoms with Crippen LogP contribution in [0.4, 0.5) is 0 Å². The molecule has 1 aromatic heterocycles. The highest BCUT2D eigenvalue weighted by atomic mass is 35.5. The number of fused-ring (bicyclic) bond motifs is 1. The van der Waals surface area contributed by atoms with E-state index in [1.165, 1.54) is 18.4 Å². The summed E-state index contributed by atoms with van der Waals surface area (Å²) >= 11 is 19.7. The molecule has 2 heterocycles. The fraction of sp³-hybridized carbons (Fsp3) is 0.167. The first kappa shape index (κ1) is 28.2. The van der Waals surface area contributed by atoms with Gasteiger partial charge in [-0.05, 0) is 54.0 Å². The first-order valence-electron chi connectivity index (χ1n) is 12.3. The van der Waals surface area contributed by atoms with E-state index >= 15 is 0 Å². The van der Waals surface area contributed by atoms with E-state index in [9.17, 15) is 9.59 Å². The van der Waals surface area contributed by atoms with Crippen LogP contribution in [0, 0.1) is 0 Å². The number of nitrogens with zero attached hydrogens (tertiary/aromatic N) is 2. The second kappa shape index (κ2) is 12.0. The van der Waals surface area contributed by atoms with Gasteiger partial charge in [0.2, 0.25) is 0 Å². The third kappa shape index (κ3) is 5.60. The van der Waals surface area contributed by atoms with E-state index in [4.69, 9.17) is 49.3 Å². The van der Waals surface area contributed by atoms with Crippen LogP contribution in [0.2, 0.25) is 15.1 Å². The van der Waals surface area contributed by atoms with Gasteiger partial charge in [-0.15, -0.1) is 0 Å². The zero-order valence-electron chi connectivity index (χ0n) is 21.5. The molecule has 0 aliphatic carbocycles. The van der Waals surface area contributed by atoms with Crippen LogP contribution < -0.4 is 19.6 Å². The minimum absolute atomic E-state index is 0.233. The van der Waals surface area contributed by atoms with Crippen molar-refractivity contribution in [2.75, 3.05) is 7.11 Å². The number of methoxy groups -OCH3 is 1. The van der Waals surface area contributed by atoms with Crippen LogP contribution in [0.5, 0.6) is 5.75 Å². The Morgan fingerprint density at radius 3 is 2.52 bits per heavy atom. The van der Waals surface area contributed by atoms with Crippen molar-refractivity contribution in [3.05, 3.63) is 129 Å². The number of ether oxygens (including phenoxy) is 2. The molecule has 0 fully saturated rings. The van der Waals surface area contributed by atoms with Gasteiger partial charge in [-0.1, -0.05) is 89.5 Å². The molecular weight excluding hydrogens is 591 g/mol. The lowest BCUT2D eigenvalue weighted by atomic mass is 9.95. The van der Waals surface area contributed by atoms with Crippen molar-refractivity contribution in [2.24, 2.45) is 4.99 Å². The van der Waals surface area contributed by atoms with Crippen molar-refractivity contribution in [2.45, 2.75) is 26.0 Å². The first-order valence-corrected chi connectivity index (χ1v) is 14.3. The number of hydrogen-bond acceptors (Lipinski definition) is 6. The zero-order chi connectivity index (χ0) is 28.4. The molecule has 0 bridgehead atoms. The van der Waals surface area contributed by atoms with Gasteiger partial charge in [0.05, 0.1) is 39.0 Å². The maximum Gasteiger partial charge on any atom is 0.338 e. The number of halogens is 3. The summed E-state index contributed by atoms with van der Waals surface area (Å²) in [6.07, 6.45) is 2.23. The molecule has 40 heavy (non-hydrogen) atoms. The summed E-state index contributed by atoms with van der Waals surface area (Å²) in [5, 5.41) is 1.39. The Kier molecular flexibility index (Phi) is 8.47. The second-order valence-corrected chi connectivity index (χ2v) is 11.2. The third-order valence-electron chi connectivity index (χ3n) is 6.40. The van der Waals surface area contributed by atoms with E-state index in [2.05, 4.69) is 0 Å². The standard InChI is InChI=1S/C30H23Cl3N2O4S/c1-3-23-26(29(37)38-2)27(18-7-5-4-6-8-18)35-28(36)25(40-30(35)34-23)15-19-14-20(31)10-12-24(19)39-16-17-9-11-21(32)22(33)13-17/h4-15,27H,3,16H2,1-2H3/b25-15+/t27-/m0/s1. The van der Waals surface area contributed by atoms with E-state index in [1.54, 1.807) is 41.0 Å². The summed E-state index contributed by atoms with van der Waals surface area (Å²) in [4.78, 5) is 32.0. The molecule has 0 spiro atoms. The second-order valence-electron chi connectivity index (χ2n) is 8.92. The Bertz CT molecular complexity index is 1810. The van der Waals surface area contributed by atoms with Crippen molar-refractivity contribution < 1.29 is 14.3 Å². The van der Waals surface area contributed by atoms with Gasteiger partial charge >= 0.3 is 5.97 Å². The van der Waals surface area contributed by atoms with Crippen molar-refractivity contribution in [3.63, 3.8) is 0 Å². The van der Waals surface area contributed by atoms with E-state index in [1.807, 2.05) is 43.3 Å². The maximum atomic E-state index is 13.9. The number of carbonyl (C=O) groups excluding carboxylic acids is 1. The van der Waals surface area contributed by atoms with Gasteiger partial charge in [-0.3, -0.25) is 9.36 Å². The molecule has 1 aliphatic rings. The first-order chi connectivity index (χ1) is 19.3. The molecule has 0 N–H and O–H groups in total. The minimum atomic E-state index is -0.674. The quantitative estimate of drug-likeness (QED) is 0.228. The molecule has 4 aromatic rings.